The number of fused-ring (bicyclic) bond motifs is 3. The maximum Gasteiger partial charge on any atom is 0.219 e. The molecule has 1 atom stereocenters. The summed E-state index contributed by atoms with van der Waals surface area (Å²) in [6.45, 7) is 11.3. The lowest BCUT2D eigenvalue weighted by Gasteiger charge is -2.28. The largest absolute Gasteiger partial charge is 0.493 e. The number of hydrogen-bond acceptors (Lipinski definition) is 6. The summed E-state index contributed by atoms with van der Waals surface area (Å²) < 4.78 is 14.0. The molecule has 8 heteroatoms. The summed E-state index contributed by atoms with van der Waals surface area (Å²) in [7, 11) is 1.67. The molecule has 0 bridgehead atoms. The highest BCUT2D eigenvalue weighted by molar-refractivity contribution is 7.13. The van der Waals surface area contributed by atoms with Gasteiger partial charge in [0.2, 0.25) is 5.91 Å². The molecule has 1 aromatic carbocycles. The molecule has 5 rings (SSSR count). The first-order chi connectivity index (χ1) is 18.3. The van der Waals surface area contributed by atoms with Gasteiger partial charge in [0.15, 0.2) is 17.3 Å². The number of Topliss-reactive ketones (excluding diaryl/α,β-unsaturated/α-hetero) is 1. The lowest BCUT2D eigenvalue weighted by molar-refractivity contribution is -0.128. The van der Waals surface area contributed by atoms with Crippen LogP contribution in [0, 0.1) is 0 Å². The van der Waals surface area contributed by atoms with Gasteiger partial charge in [0.1, 0.15) is 0 Å². The van der Waals surface area contributed by atoms with E-state index in [9.17, 15) is 9.59 Å². The highest BCUT2D eigenvalue weighted by Gasteiger charge is 2.32. The number of amides is 1. The van der Waals surface area contributed by atoms with E-state index in [-0.39, 0.29) is 23.8 Å². The Bertz CT molecular complexity index is 1330. The normalized spacial score (nSPS) is 16.5. The van der Waals surface area contributed by atoms with Crippen molar-refractivity contribution in [2.24, 2.45) is 0 Å². The van der Waals surface area contributed by atoms with Crippen LogP contribution in [0.15, 0.2) is 35.7 Å². The van der Waals surface area contributed by atoms with Crippen LogP contribution in [-0.2, 0) is 17.8 Å². The number of aryl methyl sites for hydroxylation is 1. The third kappa shape index (κ3) is 4.99. The Hall–Kier alpha value is -3.10. The second kappa shape index (κ2) is 10.9. The molecule has 2 aliphatic heterocycles. The van der Waals surface area contributed by atoms with Crippen LogP contribution >= 0.6 is 11.3 Å². The highest BCUT2D eigenvalue weighted by atomic mass is 32.1. The maximum atomic E-state index is 14.1. The third-order valence-corrected chi connectivity index (χ3v) is 8.55. The fourth-order valence-electron chi connectivity index (χ4n) is 5.68. The molecule has 1 saturated heterocycles. The highest BCUT2D eigenvalue weighted by Crippen LogP contribution is 2.45. The summed E-state index contributed by atoms with van der Waals surface area (Å²) in [6.07, 6.45) is 1.70. The molecule has 0 spiro atoms. The summed E-state index contributed by atoms with van der Waals surface area (Å²) in [5.74, 6) is 1.68. The van der Waals surface area contributed by atoms with Crippen molar-refractivity contribution in [3.05, 3.63) is 47.0 Å². The second-order valence-electron chi connectivity index (χ2n) is 10.4. The van der Waals surface area contributed by atoms with Crippen LogP contribution in [0.25, 0.3) is 21.7 Å². The van der Waals surface area contributed by atoms with E-state index in [4.69, 9.17) is 9.47 Å². The standard InChI is InChI=1S/C30H37N3O4S/c1-19(2)37-27-18-23-22(16-26(27)36-5)9-12-33-25(17-24(29(23)33)28-8-6-15-38-28)30(35)20(3)31-10-7-11-32(14-13-31)21(4)34/h6,8,15-20H,7,9-14H2,1-5H3. The quantitative estimate of drug-likeness (QED) is 0.381. The molecule has 0 aliphatic carbocycles. The summed E-state index contributed by atoms with van der Waals surface area (Å²) in [5.41, 5.74) is 5.19. The lowest BCUT2D eigenvalue weighted by atomic mass is 9.95. The van der Waals surface area contributed by atoms with E-state index in [0.717, 1.165) is 65.6 Å². The van der Waals surface area contributed by atoms with Gasteiger partial charge in [-0.25, -0.2) is 0 Å². The van der Waals surface area contributed by atoms with Crippen molar-refractivity contribution in [3.63, 3.8) is 0 Å². The van der Waals surface area contributed by atoms with E-state index in [1.807, 2.05) is 25.7 Å². The summed E-state index contributed by atoms with van der Waals surface area (Å²) in [5, 5.41) is 2.08. The summed E-state index contributed by atoms with van der Waals surface area (Å²) >= 11 is 1.68. The SMILES string of the molecule is COc1cc2c(cc1OC(C)C)-c1c(-c3cccs3)cc(C(=O)C(C)N3CCCN(C(C)=O)CC3)n1CC2. The molecule has 7 nitrogen and oxygen atoms in total. The Labute approximate surface area is 229 Å². The number of ether oxygens (including phenoxy) is 2. The van der Waals surface area contributed by atoms with Gasteiger partial charge in [0, 0.05) is 55.7 Å². The van der Waals surface area contributed by atoms with E-state index in [0.29, 0.717) is 18.8 Å². The Morgan fingerprint density at radius 3 is 2.47 bits per heavy atom. The van der Waals surface area contributed by atoms with Crippen molar-refractivity contribution in [3.8, 4) is 33.2 Å². The van der Waals surface area contributed by atoms with E-state index < -0.39 is 0 Å². The molecule has 38 heavy (non-hydrogen) atoms. The number of carbonyl (C=O) groups is 2. The Morgan fingerprint density at radius 1 is 0.974 bits per heavy atom. The van der Waals surface area contributed by atoms with Crippen LogP contribution in [-0.4, -0.2) is 71.5 Å². The number of aromatic nitrogens is 1. The molecule has 0 saturated carbocycles. The summed E-state index contributed by atoms with van der Waals surface area (Å²) in [4.78, 5) is 31.2. The average molecular weight is 536 g/mol. The maximum absolute atomic E-state index is 14.1. The predicted octanol–water partition coefficient (Wildman–Crippen LogP) is 5.36. The van der Waals surface area contributed by atoms with Crippen LogP contribution in [0.5, 0.6) is 11.5 Å². The Morgan fingerprint density at radius 2 is 1.79 bits per heavy atom. The molecule has 0 radical (unpaired) electrons. The minimum Gasteiger partial charge on any atom is -0.493 e. The van der Waals surface area contributed by atoms with Crippen LogP contribution in [0.1, 0.15) is 50.2 Å². The number of nitrogens with zero attached hydrogens (tertiary/aromatic N) is 3. The minimum absolute atomic E-state index is 0.0135. The van der Waals surface area contributed by atoms with Crippen molar-refractivity contribution < 1.29 is 19.1 Å². The molecule has 1 unspecified atom stereocenters. The number of thiophene rings is 1. The zero-order valence-electron chi connectivity index (χ0n) is 23.0. The molecular formula is C30H37N3O4S. The fraction of sp³-hybridized carbons (Fsp3) is 0.467. The van der Waals surface area contributed by atoms with E-state index in [2.05, 4.69) is 45.2 Å². The Balaban J connectivity index is 1.56. The topological polar surface area (TPSA) is 64.0 Å². The zero-order valence-corrected chi connectivity index (χ0v) is 23.8. The van der Waals surface area contributed by atoms with Crippen LogP contribution in [0.3, 0.4) is 0 Å². The number of carbonyl (C=O) groups excluding carboxylic acids is 2. The van der Waals surface area contributed by atoms with Gasteiger partial charge < -0.3 is 18.9 Å². The first-order valence-electron chi connectivity index (χ1n) is 13.5. The average Bonchev–Trinajstić information content (AvgIpc) is 3.49. The van der Waals surface area contributed by atoms with Crippen LogP contribution in [0.4, 0.5) is 0 Å². The molecule has 202 valence electrons. The Kier molecular flexibility index (Phi) is 7.63. The minimum atomic E-state index is -0.269. The van der Waals surface area contributed by atoms with E-state index >= 15 is 0 Å². The molecule has 1 fully saturated rings. The third-order valence-electron chi connectivity index (χ3n) is 7.65. The van der Waals surface area contributed by atoms with Crippen molar-refractivity contribution in [1.82, 2.24) is 14.4 Å². The molecule has 4 heterocycles. The van der Waals surface area contributed by atoms with Gasteiger partial charge in [-0.3, -0.25) is 14.5 Å². The van der Waals surface area contributed by atoms with Gasteiger partial charge in [0.25, 0.3) is 0 Å². The number of methoxy groups -OCH3 is 1. The van der Waals surface area contributed by atoms with Crippen molar-refractivity contribution in [1.29, 1.82) is 0 Å². The number of hydrogen-bond donors (Lipinski definition) is 0. The molecule has 2 aliphatic rings. The van der Waals surface area contributed by atoms with Crippen molar-refractivity contribution >= 4 is 23.0 Å². The molecule has 3 aromatic rings. The monoisotopic (exact) mass is 535 g/mol. The van der Waals surface area contributed by atoms with E-state index in [1.165, 1.54) is 5.56 Å². The molecule has 1 amide bonds. The smallest absolute Gasteiger partial charge is 0.219 e. The lowest BCUT2D eigenvalue weighted by Crippen LogP contribution is -2.42. The molecular weight excluding hydrogens is 498 g/mol. The number of benzene rings is 1. The van der Waals surface area contributed by atoms with E-state index in [1.54, 1.807) is 25.4 Å². The fourth-order valence-corrected chi connectivity index (χ4v) is 6.43. The first-order valence-corrected chi connectivity index (χ1v) is 14.4. The predicted molar refractivity (Wildman–Crippen MR) is 151 cm³/mol. The van der Waals surface area contributed by atoms with Crippen LogP contribution in [0.2, 0.25) is 0 Å². The van der Waals surface area contributed by atoms with Crippen molar-refractivity contribution in [2.45, 2.75) is 59.2 Å². The van der Waals surface area contributed by atoms with Gasteiger partial charge in [-0.15, -0.1) is 11.3 Å². The van der Waals surface area contributed by atoms with Gasteiger partial charge in [-0.05, 0) is 68.8 Å². The zero-order chi connectivity index (χ0) is 27.0. The number of ketones is 1. The van der Waals surface area contributed by atoms with Gasteiger partial charge >= 0.3 is 0 Å². The van der Waals surface area contributed by atoms with Gasteiger partial charge in [-0.1, -0.05) is 6.07 Å². The van der Waals surface area contributed by atoms with Crippen molar-refractivity contribution in [2.75, 3.05) is 33.3 Å². The molecule has 2 aromatic heterocycles. The van der Waals surface area contributed by atoms with Crippen LogP contribution < -0.4 is 9.47 Å². The second-order valence-corrected chi connectivity index (χ2v) is 11.4. The van der Waals surface area contributed by atoms with Gasteiger partial charge in [0.05, 0.1) is 30.6 Å². The number of rotatable bonds is 7. The summed E-state index contributed by atoms with van der Waals surface area (Å²) in [6, 6.07) is 10.2. The first kappa shape index (κ1) is 26.5. The molecule has 0 N–H and O–H groups in total. The van der Waals surface area contributed by atoms with Gasteiger partial charge in [-0.2, -0.15) is 0 Å².